The van der Waals surface area contributed by atoms with Crippen LogP contribution < -0.4 is 0 Å². The van der Waals surface area contributed by atoms with Crippen molar-refractivity contribution in [3.63, 3.8) is 0 Å². The van der Waals surface area contributed by atoms with Gasteiger partial charge in [-0.05, 0) is 50.5 Å². The quantitative estimate of drug-likeness (QED) is 0.280. The number of hydrogen-bond donors (Lipinski definition) is 0. The second-order valence-corrected chi connectivity index (χ2v) is 6.67. The molecule has 0 amide bonds. The molecule has 26 heavy (non-hydrogen) atoms. The molecule has 0 bridgehead atoms. The van der Waals surface area contributed by atoms with Crippen LogP contribution in [0.4, 0.5) is 4.39 Å². The third kappa shape index (κ3) is 6.55. The first-order valence-electron chi connectivity index (χ1n) is 9.49. The second kappa shape index (κ2) is 11.3. The summed E-state index contributed by atoms with van der Waals surface area (Å²) in [6, 6.07) is 8.17. The fraction of sp³-hybridized carbons (Fsp3) is 0.391. The Morgan fingerprint density at radius 2 is 1.96 bits per heavy atom. The summed E-state index contributed by atoms with van der Waals surface area (Å²) in [4.78, 5) is 8.33. The van der Waals surface area contributed by atoms with Gasteiger partial charge in [0.15, 0.2) is 5.83 Å². The highest BCUT2D eigenvalue weighted by Gasteiger charge is 2.17. The van der Waals surface area contributed by atoms with Crippen LogP contribution in [0, 0.1) is 0 Å². The topological polar surface area (TPSA) is 24.7 Å². The zero-order chi connectivity index (χ0) is 18.6. The van der Waals surface area contributed by atoms with E-state index in [4.69, 9.17) is 4.99 Å². The Labute approximate surface area is 157 Å². The molecule has 1 aliphatic rings. The number of rotatable bonds is 9. The summed E-state index contributed by atoms with van der Waals surface area (Å²) in [7, 11) is 0. The van der Waals surface area contributed by atoms with Crippen LogP contribution in [0.15, 0.2) is 71.1 Å². The van der Waals surface area contributed by atoms with Gasteiger partial charge in [0.05, 0.1) is 12.2 Å². The molecule has 0 aliphatic heterocycles. The Morgan fingerprint density at radius 3 is 2.69 bits per heavy atom. The smallest absolute Gasteiger partial charge is 0.167 e. The number of nitrogens with zero attached hydrogens (tertiary/aromatic N) is 2. The van der Waals surface area contributed by atoms with Crippen LogP contribution in [0.2, 0.25) is 0 Å². The van der Waals surface area contributed by atoms with Gasteiger partial charge in [-0.15, -0.1) is 6.58 Å². The van der Waals surface area contributed by atoms with Crippen LogP contribution in [0.1, 0.15) is 56.1 Å². The maximum atomic E-state index is 14.6. The molecule has 138 valence electrons. The largest absolute Gasteiger partial charge is 0.278 e. The van der Waals surface area contributed by atoms with Gasteiger partial charge in [0.25, 0.3) is 0 Å². The van der Waals surface area contributed by atoms with Crippen LogP contribution in [-0.2, 0) is 6.42 Å². The van der Waals surface area contributed by atoms with Crippen molar-refractivity contribution in [3.8, 4) is 0 Å². The molecule has 0 saturated heterocycles. The van der Waals surface area contributed by atoms with E-state index in [-0.39, 0.29) is 6.04 Å². The predicted molar refractivity (Wildman–Crippen MR) is 111 cm³/mol. The highest BCUT2D eigenvalue weighted by Crippen LogP contribution is 2.23. The van der Waals surface area contributed by atoms with Crippen molar-refractivity contribution in [2.75, 3.05) is 0 Å². The highest BCUT2D eigenvalue weighted by molar-refractivity contribution is 6.11. The van der Waals surface area contributed by atoms with Gasteiger partial charge >= 0.3 is 0 Å². The SMILES string of the molecule is C=CCC/C=C\Cc1cccc(C(=NC2CCCCC2)/C(F)=C\N=C)c1. The second-order valence-electron chi connectivity index (χ2n) is 6.67. The number of halogens is 1. The van der Waals surface area contributed by atoms with Crippen molar-refractivity contribution in [2.45, 2.75) is 57.4 Å². The molecule has 1 aliphatic carbocycles. The lowest BCUT2D eigenvalue weighted by Gasteiger charge is -2.19. The van der Waals surface area contributed by atoms with Gasteiger partial charge in [-0.2, -0.15) is 0 Å². The number of benzene rings is 1. The van der Waals surface area contributed by atoms with E-state index in [0.29, 0.717) is 5.71 Å². The molecule has 1 aromatic carbocycles. The molecule has 0 radical (unpaired) electrons. The molecule has 1 saturated carbocycles. The predicted octanol–water partition coefficient (Wildman–Crippen LogP) is 6.38. The number of hydrogen-bond acceptors (Lipinski definition) is 2. The summed E-state index contributed by atoms with van der Waals surface area (Å²) in [5, 5.41) is 0. The molecule has 0 spiro atoms. The molecular weight excluding hydrogens is 323 g/mol. The third-order valence-electron chi connectivity index (χ3n) is 4.58. The Kier molecular flexibility index (Phi) is 8.74. The van der Waals surface area contributed by atoms with Gasteiger partial charge in [-0.3, -0.25) is 9.98 Å². The standard InChI is InChI=1S/C23H29FN2/c1-3-4-5-6-8-12-19-13-11-14-20(17-19)23(22(24)18-25-2)26-21-15-9-7-10-16-21/h3,6,8,11,13-14,17-18,21H,1-2,4-5,7,9-10,12,15-16H2/b8-6-,22-18+,26-23?. The van der Waals surface area contributed by atoms with Crippen LogP contribution in [0.25, 0.3) is 0 Å². The number of aliphatic imine (C=N–C) groups is 2. The van der Waals surface area contributed by atoms with E-state index in [1.807, 2.05) is 24.3 Å². The third-order valence-corrected chi connectivity index (χ3v) is 4.58. The lowest BCUT2D eigenvalue weighted by Crippen LogP contribution is -2.14. The summed E-state index contributed by atoms with van der Waals surface area (Å²) in [6.07, 6.45) is 15.8. The van der Waals surface area contributed by atoms with Crippen molar-refractivity contribution < 1.29 is 4.39 Å². The summed E-state index contributed by atoms with van der Waals surface area (Å²) < 4.78 is 14.6. The Balaban J connectivity index is 2.21. The molecule has 0 heterocycles. The van der Waals surface area contributed by atoms with Gasteiger partial charge in [0.2, 0.25) is 0 Å². The maximum Gasteiger partial charge on any atom is 0.167 e. The first-order chi connectivity index (χ1) is 12.7. The molecule has 1 fully saturated rings. The Hall–Kier alpha value is -2.29. The minimum absolute atomic E-state index is 0.199. The Morgan fingerprint density at radius 1 is 1.15 bits per heavy atom. The zero-order valence-electron chi connectivity index (χ0n) is 15.5. The van der Waals surface area contributed by atoms with Crippen LogP contribution >= 0.6 is 0 Å². The van der Waals surface area contributed by atoms with E-state index in [0.717, 1.165) is 49.4 Å². The summed E-state index contributed by atoms with van der Waals surface area (Å²) in [5.74, 6) is -0.413. The monoisotopic (exact) mass is 352 g/mol. The Bertz CT molecular complexity index is 679. The normalized spacial score (nSPS) is 16.8. The summed E-state index contributed by atoms with van der Waals surface area (Å²) >= 11 is 0. The van der Waals surface area contributed by atoms with Crippen molar-refractivity contribution in [3.05, 3.63) is 72.2 Å². The molecule has 0 unspecified atom stereocenters. The molecule has 2 rings (SSSR count). The summed E-state index contributed by atoms with van der Waals surface area (Å²) in [6.45, 7) is 7.10. The van der Waals surface area contributed by atoms with E-state index in [9.17, 15) is 4.39 Å². The number of unbranched alkanes of at least 4 members (excludes halogenated alkanes) is 1. The van der Waals surface area contributed by atoms with Crippen molar-refractivity contribution in [2.24, 2.45) is 9.98 Å². The van der Waals surface area contributed by atoms with E-state index in [1.165, 1.54) is 19.3 Å². The van der Waals surface area contributed by atoms with E-state index in [2.05, 4.69) is 36.5 Å². The lowest BCUT2D eigenvalue weighted by atomic mass is 9.95. The average Bonchev–Trinajstić information content (AvgIpc) is 2.67. The first kappa shape index (κ1) is 20.0. The molecule has 0 atom stereocenters. The van der Waals surface area contributed by atoms with Gasteiger partial charge in [0.1, 0.15) is 5.71 Å². The number of allylic oxidation sites excluding steroid dienone is 4. The molecule has 0 N–H and O–H groups in total. The van der Waals surface area contributed by atoms with E-state index in [1.54, 1.807) is 0 Å². The first-order valence-corrected chi connectivity index (χ1v) is 9.49. The van der Waals surface area contributed by atoms with Crippen LogP contribution in [-0.4, -0.2) is 18.5 Å². The van der Waals surface area contributed by atoms with Gasteiger partial charge < -0.3 is 0 Å². The van der Waals surface area contributed by atoms with Crippen molar-refractivity contribution in [1.29, 1.82) is 0 Å². The highest BCUT2D eigenvalue weighted by atomic mass is 19.1. The van der Waals surface area contributed by atoms with Crippen molar-refractivity contribution in [1.82, 2.24) is 0 Å². The van der Waals surface area contributed by atoms with Crippen LogP contribution in [0.5, 0.6) is 0 Å². The van der Waals surface area contributed by atoms with E-state index < -0.39 is 5.83 Å². The molecule has 3 heteroatoms. The molecule has 2 nitrogen and oxygen atoms in total. The van der Waals surface area contributed by atoms with Gasteiger partial charge in [0, 0.05) is 5.56 Å². The molecule has 1 aromatic rings. The minimum Gasteiger partial charge on any atom is -0.278 e. The fourth-order valence-corrected chi connectivity index (χ4v) is 3.21. The van der Waals surface area contributed by atoms with Gasteiger partial charge in [-0.25, -0.2) is 4.39 Å². The lowest BCUT2D eigenvalue weighted by molar-refractivity contribution is 0.443. The van der Waals surface area contributed by atoms with Crippen LogP contribution in [0.3, 0.4) is 0 Å². The fourth-order valence-electron chi connectivity index (χ4n) is 3.21. The molecule has 0 aromatic heterocycles. The maximum absolute atomic E-state index is 14.6. The summed E-state index contributed by atoms with van der Waals surface area (Å²) in [5.41, 5.74) is 2.36. The van der Waals surface area contributed by atoms with E-state index >= 15 is 0 Å². The van der Waals surface area contributed by atoms with Crippen molar-refractivity contribution >= 4 is 12.4 Å². The molecular formula is C23H29FN2. The minimum atomic E-state index is -0.413. The average molecular weight is 352 g/mol. The van der Waals surface area contributed by atoms with Gasteiger partial charge in [-0.1, -0.05) is 55.7 Å². The zero-order valence-corrected chi connectivity index (χ0v) is 15.5.